The van der Waals surface area contributed by atoms with E-state index in [2.05, 4.69) is 15.9 Å². The average Bonchev–Trinajstić information content (AvgIpc) is 3.18. The normalized spacial score (nSPS) is 11.6. The molecule has 4 aromatic rings. The number of alkyl halides is 3. The van der Waals surface area contributed by atoms with Crippen LogP contribution in [0.4, 0.5) is 13.2 Å². The van der Waals surface area contributed by atoms with Crippen LogP contribution >= 0.6 is 15.9 Å². The minimum Gasteiger partial charge on any atom is -0.392 e. The summed E-state index contributed by atoms with van der Waals surface area (Å²) in [7, 11) is 0. The molecule has 0 aliphatic carbocycles. The fourth-order valence-corrected chi connectivity index (χ4v) is 3.72. The van der Waals surface area contributed by atoms with Crippen LogP contribution in [0.3, 0.4) is 0 Å². The molecular weight excluding hydrogens is 455 g/mol. The molecule has 0 saturated heterocycles. The summed E-state index contributed by atoms with van der Waals surface area (Å²) in [6.45, 7) is -0.0949. The standard InChI is InChI=1S/C24H17BrF3NO/c25-19-11-9-18(10-12-19)22-14-13-21(17-7-5-16(15-30)6-8-17)29(22)23-4-2-1-3-20(23)24(26,27)28/h1-14,30H,15H2. The molecule has 0 aliphatic rings. The van der Waals surface area contributed by atoms with Crippen molar-refractivity contribution >= 4 is 15.9 Å². The van der Waals surface area contributed by atoms with Gasteiger partial charge in [-0.25, -0.2) is 0 Å². The molecule has 30 heavy (non-hydrogen) atoms. The predicted octanol–water partition coefficient (Wildman–Crippen LogP) is 7.08. The van der Waals surface area contributed by atoms with Gasteiger partial charge in [-0.15, -0.1) is 0 Å². The second-order valence-electron chi connectivity index (χ2n) is 6.82. The molecule has 152 valence electrons. The Morgan fingerprint density at radius 2 is 1.27 bits per heavy atom. The van der Waals surface area contributed by atoms with Gasteiger partial charge in [-0.1, -0.05) is 64.5 Å². The van der Waals surface area contributed by atoms with E-state index in [9.17, 15) is 18.3 Å². The highest BCUT2D eigenvalue weighted by molar-refractivity contribution is 9.10. The predicted molar refractivity (Wildman–Crippen MR) is 115 cm³/mol. The maximum Gasteiger partial charge on any atom is 0.418 e. The van der Waals surface area contributed by atoms with Crippen LogP contribution in [0.15, 0.2) is 89.4 Å². The summed E-state index contributed by atoms with van der Waals surface area (Å²) in [6, 6.07) is 23.8. The van der Waals surface area contributed by atoms with Crippen molar-refractivity contribution in [2.45, 2.75) is 12.8 Å². The van der Waals surface area contributed by atoms with Crippen LogP contribution in [0, 0.1) is 0 Å². The third-order valence-corrected chi connectivity index (χ3v) is 5.43. The average molecular weight is 472 g/mol. The van der Waals surface area contributed by atoms with E-state index in [1.54, 1.807) is 34.9 Å². The van der Waals surface area contributed by atoms with Crippen LogP contribution in [-0.2, 0) is 12.8 Å². The highest BCUT2D eigenvalue weighted by Gasteiger charge is 2.34. The summed E-state index contributed by atoms with van der Waals surface area (Å²) in [5.74, 6) is 0. The molecule has 0 saturated carbocycles. The highest BCUT2D eigenvalue weighted by Crippen LogP contribution is 2.39. The number of aromatic nitrogens is 1. The Morgan fingerprint density at radius 3 is 1.80 bits per heavy atom. The third kappa shape index (κ3) is 3.93. The number of hydrogen-bond donors (Lipinski definition) is 1. The SMILES string of the molecule is OCc1ccc(-c2ccc(-c3ccc(Br)cc3)n2-c2ccccc2C(F)(F)F)cc1. The molecular formula is C24H17BrF3NO. The minimum atomic E-state index is -4.49. The Kier molecular flexibility index (Phi) is 5.54. The van der Waals surface area contributed by atoms with Crippen molar-refractivity contribution in [3.63, 3.8) is 0 Å². The van der Waals surface area contributed by atoms with Gasteiger partial charge in [0, 0.05) is 4.47 Å². The zero-order chi connectivity index (χ0) is 21.3. The molecule has 0 atom stereocenters. The van der Waals surface area contributed by atoms with Gasteiger partial charge in [-0.2, -0.15) is 13.2 Å². The Bertz CT molecular complexity index is 1160. The first-order valence-corrected chi connectivity index (χ1v) is 10.0. The van der Waals surface area contributed by atoms with Crippen LogP contribution < -0.4 is 0 Å². The fourth-order valence-electron chi connectivity index (χ4n) is 3.46. The molecule has 0 radical (unpaired) electrons. The van der Waals surface area contributed by atoms with Crippen molar-refractivity contribution in [3.05, 3.63) is 101 Å². The van der Waals surface area contributed by atoms with Crippen molar-refractivity contribution in [2.24, 2.45) is 0 Å². The first-order chi connectivity index (χ1) is 14.4. The van der Waals surface area contributed by atoms with Gasteiger partial charge in [0.2, 0.25) is 0 Å². The lowest BCUT2D eigenvalue weighted by atomic mass is 10.1. The summed E-state index contributed by atoms with van der Waals surface area (Å²) < 4.78 is 44.0. The van der Waals surface area contributed by atoms with Gasteiger partial charge in [0.15, 0.2) is 0 Å². The first kappa shape index (κ1) is 20.4. The first-order valence-electron chi connectivity index (χ1n) is 9.23. The Hall–Kier alpha value is -2.83. The molecule has 4 rings (SSSR count). The van der Waals surface area contributed by atoms with Crippen molar-refractivity contribution in [3.8, 4) is 28.2 Å². The summed E-state index contributed by atoms with van der Waals surface area (Å²) in [4.78, 5) is 0. The summed E-state index contributed by atoms with van der Waals surface area (Å²) in [6.07, 6.45) is -4.49. The van der Waals surface area contributed by atoms with Crippen molar-refractivity contribution in [2.75, 3.05) is 0 Å². The van der Waals surface area contributed by atoms with Gasteiger partial charge >= 0.3 is 6.18 Å². The van der Waals surface area contributed by atoms with Crippen molar-refractivity contribution in [1.82, 2.24) is 4.57 Å². The van der Waals surface area contributed by atoms with E-state index in [0.717, 1.165) is 27.2 Å². The largest absolute Gasteiger partial charge is 0.418 e. The lowest BCUT2D eigenvalue weighted by Crippen LogP contribution is -2.12. The topological polar surface area (TPSA) is 25.2 Å². The molecule has 0 aliphatic heterocycles. The number of rotatable bonds is 4. The van der Waals surface area contributed by atoms with E-state index in [-0.39, 0.29) is 12.3 Å². The molecule has 1 aromatic heterocycles. The van der Waals surface area contributed by atoms with Crippen LogP contribution in [-0.4, -0.2) is 9.67 Å². The maximum atomic E-state index is 13.8. The van der Waals surface area contributed by atoms with E-state index >= 15 is 0 Å². The van der Waals surface area contributed by atoms with Crippen LogP contribution in [0.2, 0.25) is 0 Å². The second-order valence-corrected chi connectivity index (χ2v) is 7.73. The monoisotopic (exact) mass is 471 g/mol. The van der Waals surface area contributed by atoms with E-state index in [0.29, 0.717) is 11.4 Å². The lowest BCUT2D eigenvalue weighted by molar-refractivity contribution is -0.137. The number of halogens is 4. The number of hydrogen-bond acceptors (Lipinski definition) is 1. The number of nitrogens with zero attached hydrogens (tertiary/aromatic N) is 1. The zero-order valence-electron chi connectivity index (χ0n) is 15.7. The van der Waals surface area contributed by atoms with Gasteiger partial charge in [-0.05, 0) is 53.1 Å². The van der Waals surface area contributed by atoms with Crippen LogP contribution in [0.1, 0.15) is 11.1 Å². The van der Waals surface area contributed by atoms with Crippen molar-refractivity contribution in [1.29, 1.82) is 0 Å². The van der Waals surface area contributed by atoms with Crippen LogP contribution in [0.5, 0.6) is 0 Å². The molecule has 1 N–H and O–H groups in total. The van der Waals surface area contributed by atoms with Gasteiger partial charge in [-0.3, -0.25) is 0 Å². The molecule has 0 unspecified atom stereocenters. The van der Waals surface area contributed by atoms with Gasteiger partial charge in [0.05, 0.1) is 29.2 Å². The highest BCUT2D eigenvalue weighted by atomic mass is 79.9. The third-order valence-electron chi connectivity index (χ3n) is 4.90. The maximum absolute atomic E-state index is 13.8. The van der Waals surface area contributed by atoms with E-state index < -0.39 is 11.7 Å². The molecule has 1 heterocycles. The molecule has 0 bridgehead atoms. The Labute approximate surface area is 180 Å². The summed E-state index contributed by atoms with van der Waals surface area (Å²) in [5.41, 5.74) is 2.94. The van der Waals surface area contributed by atoms with E-state index in [1.807, 2.05) is 36.4 Å². The zero-order valence-corrected chi connectivity index (χ0v) is 17.3. The lowest BCUT2D eigenvalue weighted by Gasteiger charge is -2.19. The van der Waals surface area contributed by atoms with Gasteiger partial charge < -0.3 is 9.67 Å². The number of para-hydroxylation sites is 1. The molecule has 2 nitrogen and oxygen atoms in total. The molecule has 0 fully saturated rings. The smallest absolute Gasteiger partial charge is 0.392 e. The van der Waals surface area contributed by atoms with Gasteiger partial charge in [0.1, 0.15) is 0 Å². The number of benzene rings is 3. The second kappa shape index (κ2) is 8.13. The van der Waals surface area contributed by atoms with Crippen molar-refractivity contribution < 1.29 is 18.3 Å². The summed E-state index contributed by atoms with van der Waals surface area (Å²) >= 11 is 3.40. The molecule has 0 amide bonds. The fraction of sp³-hybridized carbons (Fsp3) is 0.0833. The quantitative estimate of drug-likeness (QED) is 0.337. The Balaban J connectivity index is 1.99. The number of aliphatic hydroxyl groups is 1. The minimum absolute atomic E-state index is 0.0640. The van der Waals surface area contributed by atoms with Gasteiger partial charge in [0.25, 0.3) is 0 Å². The molecule has 6 heteroatoms. The Morgan fingerprint density at radius 1 is 0.733 bits per heavy atom. The van der Waals surface area contributed by atoms with E-state index in [4.69, 9.17) is 0 Å². The van der Waals surface area contributed by atoms with E-state index in [1.165, 1.54) is 12.1 Å². The molecule has 3 aromatic carbocycles. The molecule has 0 spiro atoms. The van der Waals surface area contributed by atoms with Crippen LogP contribution in [0.25, 0.3) is 28.2 Å². The summed E-state index contributed by atoms with van der Waals surface area (Å²) in [5, 5.41) is 9.30. The number of aliphatic hydroxyl groups excluding tert-OH is 1.